The van der Waals surface area contributed by atoms with E-state index in [0.717, 1.165) is 37.0 Å². The molecule has 5 heteroatoms. The first-order valence-electron chi connectivity index (χ1n) is 8.31. The Morgan fingerprint density at radius 1 is 1.12 bits per heavy atom. The fourth-order valence-electron chi connectivity index (χ4n) is 3.60. The van der Waals surface area contributed by atoms with Gasteiger partial charge in [0.1, 0.15) is 5.75 Å². The first-order chi connectivity index (χ1) is 11.7. The molecular weight excluding hydrogens is 304 g/mol. The number of oxazole rings is 1. The van der Waals surface area contributed by atoms with E-state index in [2.05, 4.69) is 4.90 Å². The zero-order chi connectivity index (χ0) is 16.5. The summed E-state index contributed by atoms with van der Waals surface area (Å²) in [6, 6.07) is 15.1. The minimum atomic E-state index is -0.286. The Balaban J connectivity index is 1.60. The third kappa shape index (κ3) is 2.71. The number of rotatable bonds is 3. The lowest BCUT2D eigenvalue weighted by Gasteiger charge is -2.33. The average Bonchev–Trinajstić information content (AvgIpc) is 2.93. The number of aromatic nitrogens is 1. The van der Waals surface area contributed by atoms with Crippen LogP contribution >= 0.6 is 0 Å². The lowest BCUT2D eigenvalue weighted by atomic mass is 10.0. The van der Waals surface area contributed by atoms with Crippen LogP contribution in [0.2, 0.25) is 0 Å². The lowest BCUT2D eigenvalue weighted by Crippen LogP contribution is -2.38. The van der Waals surface area contributed by atoms with Gasteiger partial charge in [0.05, 0.1) is 11.6 Å². The molecule has 1 N–H and O–H groups in total. The van der Waals surface area contributed by atoms with Crippen LogP contribution in [-0.2, 0) is 6.54 Å². The minimum absolute atomic E-state index is 0.0979. The zero-order valence-electron chi connectivity index (χ0n) is 13.4. The second-order valence-corrected chi connectivity index (χ2v) is 6.37. The topological polar surface area (TPSA) is 58.6 Å². The predicted molar refractivity (Wildman–Crippen MR) is 92.1 cm³/mol. The van der Waals surface area contributed by atoms with Gasteiger partial charge in [-0.1, -0.05) is 30.3 Å². The second-order valence-electron chi connectivity index (χ2n) is 6.37. The molecule has 0 unspecified atom stereocenters. The highest BCUT2D eigenvalue weighted by Crippen LogP contribution is 2.27. The van der Waals surface area contributed by atoms with E-state index < -0.39 is 0 Å². The molecule has 0 amide bonds. The van der Waals surface area contributed by atoms with E-state index in [0.29, 0.717) is 17.9 Å². The van der Waals surface area contributed by atoms with Crippen LogP contribution in [0, 0.1) is 0 Å². The van der Waals surface area contributed by atoms with E-state index in [1.165, 1.54) is 0 Å². The number of likely N-dealkylation sites (tertiary alicyclic amines) is 1. The van der Waals surface area contributed by atoms with Crippen molar-refractivity contribution < 1.29 is 9.52 Å². The van der Waals surface area contributed by atoms with Crippen molar-refractivity contribution in [3.05, 3.63) is 64.6 Å². The van der Waals surface area contributed by atoms with E-state index >= 15 is 0 Å². The number of nitrogens with zero attached hydrogens (tertiary/aromatic N) is 2. The molecule has 0 spiro atoms. The standard InChI is InChI=1S/C19H20N2O3/c22-17-9-3-1-6-14(17)12-20-11-5-7-15(13-20)21-16-8-2-4-10-18(16)24-19(21)23/h1-4,6,8-10,15,22H,5,7,11-13H2/t15-/m1/s1. The third-order valence-electron chi connectivity index (χ3n) is 4.75. The van der Waals surface area contributed by atoms with Crippen LogP contribution in [0.15, 0.2) is 57.7 Å². The molecule has 124 valence electrons. The average molecular weight is 324 g/mol. The van der Waals surface area contributed by atoms with Gasteiger partial charge in [-0.25, -0.2) is 4.79 Å². The molecule has 0 bridgehead atoms. The van der Waals surface area contributed by atoms with Crippen LogP contribution in [0.5, 0.6) is 5.75 Å². The number of aromatic hydroxyl groups is 1. The molecule has 0 radical (unpaired) electrons. The van der Waals surface area contributed by atoms with Crippen LogP contribution < -0.4 is 5.76 Å². The van der Waals surface area contributed by atoms with Gasteiger partial charge >= 0.3 is 5.76 Å². The first-order valence-corrected chi connectivity index (χ1v) is 8.31. The van der Waals surface area contributed by atoms with Crippen LogP contribution in [0.3, 0.4) is 0 Å². The van der Waals surface area contributed by atoms with Crippen molar-refractivity contribution in [3.63, 3.8) is 0 Å². The highest BCUT2D eigenvalue weighted by atomic mass is 16.4. The van der Waals surface area contributed by atoms with E-state index in [1.807, 2.05) is 42.5 Å². The van der Waals surface area contributed by atoms with Gasteiger partial charge in [-0.3, -0.25) is 9.47 Å². The van der Waals surface area contributed by atoms with Gasteiger partial charge in [-0.15, -0.1) is 0 Å². The molecule has 2 heterocycles. The summed E-state index contributed by atoms with van der Waals surface area (Å²) in [4.78, 5) is 14.6. The molecule has 0 saturated carbocycles. The van der Waals surface area contributed by atoms with Crippen molar-refractivity contribution >= 4 is 11.1 Å². The van der Waals surface area contributed by atoms with Crippen molar-refractivity contribution in [1.29, 1.82) is 0 Å². The fourth-order valence-corrected chi connectivity index (χ4v) is 3.60. The monoisotopic (exact) mass is 324 g/mol. The molecule has 1 fully saturated rings. The number of phenols is 1. The zero-order valence-corrected chi connectivity index (χ0v) is 13.4. The smallest absolute Gasteiger partial charge is 0.420 e. The second kappa shape index (κ2) is 6.17. The van der Waals surface area contributed by atoms with Gasteiger partial charge in [0.15, 0.2) is 5.58 Å². The summed E-state index contributed by atoms with van der Waals surface area (Å²) in [6.45, 7) is 2.43. The van der Waals surface area contributed by atoms with Crippen molar-refractivity contribution in [1.82, 2.24) is 9.47 Å². The van der Waals surface area contributed by atoms with Crippen molar-refractivity contribution in [2.24, 2.45) is 0 Å². The number of hydrogen-bond donors (Lipinski definition) is 1. The number of piperidine rings is 1. The van der Waals surface area contributed by atoms with Gasteiger partial charge in [0.2, 0.25) is 0 Å². The molecule has 1 saturated heterocycles. The Morgan fingerprint density at radius 3 is 2.79 bits per heavy atom. The number of benzene rings is 2. The molecule has 5 nitrogen and oxygen atoms in total. The summed E-state index contributed by atoms with van der Waals surface area (Å²) in [5, 5.41) is 9.98. The van der Waals surface area contributed by atoms with Gasteiger partial charge in [0.25, 0.3) is 0 Å². The molecule has 1 atom stereocenters. The number of hydrogen-bond acceptors (Lipinski definition) is 4. The van der Waals surface area contributed by atoms with Crippen molar-refractivity contribution in [3.8, 4) is 5.75 Å². The first kappa shape index (κ1) is 15.0. The fraction of sp³-hybridized carbons (Fsp3) is 0.316. The van der Waals surface area contributed by atoms with Crippen molar-refractivity contribution in [2.75, 3.05) is 13.1 Å². The van der Waals surface area contributed by atoms with Crippen LogP contribution in [0.1, 0.15) is 24.4 Å². The molecule has 2 aromatic carbocycles. The van der Waals surface area contributed by atoms with E-state index in [1.54, 1.807) is 10.6 Å². The molecule has 4 rings (SSSR count). The number of phenolic OH excluding ortho intramolecular Hbond substituents is 1. The van der Waals surface area contributed by atoms with Crippen molar-refractivity contribution in [2.45, 2.75) is 25.4 Å². The largest absolute Gasteiger partial charge is 0.508 e. The Morgan fingerprint density at radius 2 is 1.92 bits per heavy atom. The summed E-state index contributed by atoms with van der Waals surface area (Å²) in [6.07, 6.45) is 1.98. The van der Waals surface area contributed by atoms with E-state index in [4.69, 9.17) is 4.42 Å². The maximum absolute atomic E-state index is 12.3. The maximum Gasteiger partial charge on any atom is 0.420 e. The molecular formula is C19H20N2O3. The number of para-hydroxylation sites is 3. The summed E-state index contributed by atoms with van der Waals surface area (Å²) < 4.78 is 7.16. The highest BCUT2D eigenvalue weighted by molar-refractivity contribution is 5.72. The third-order valence-corrected chi connectivity index (χ3v) is 4.75. The van der Waals surface area contributed by atoms with E-state index in [-0.39, 0.29) is 11.8 Å². The summed E-state index contributed by atoms with van der Waals surface area (Å²) in [7, 11) is 0. The predicted octanol–water partition coefficient (Wildman–Crippen LogP) is 3.14. The Hall–Kier alpha value is -2.53. The van der Waals surface area contributed by atoms with Gasteiger partial charge in [-0.05, 0) is 37.6 Å². The summed E-state index contributed by atoms with van der Waals surface area (Å²) in [5.41, 5.74) is 2.42. The summed E-state index contributed by atoms with van der Waals surface area (Å²) >= 11 is 0. The lowest BCUT2D eigenvalue weighted by molar-refractivity contribution is 0.166. The normalized spacial score (nSPS) is 18.9. The Kier molecular flexibility index (Phi) is 3.86. The molecule has 0 aliphatic carbocycles. The highest BCUT2D eigenvalue weighted by Gasteiger charge is 2.25. The van der Waals surface area contributed by atoms with Gasteiger partial charge in [-0.2, -0.15) is 0 Å². The van der Waals surface area contributed by atoms with Crippen LogP contribution in [-0.4, -0.2) is 27.7 Å². The minimum Gasteiger partial charge on any atom is -0.508 e. The van der Waals surface area contributed by atoms with Gasteiger partial charge in [0, 0.05) is 18.7 Å². The van der Waals surface area contributed by atoms with E-state index in [9.17, 15) is 9.90 Å². The molecule has 24 heavy (non-hydrogen) atoms. The number of fused-ring (bicyclic) bond motifs is 1. The van der Waals surface area contributed by atoms with Crippen LogP contribution in [0.25, 0.3) is 11.1 Å². The molecule has 1 aliphatic heterocycles. The molecule has 1 aromatic heterocycles. The molecule has 1 aliphatic rings. The maximum atomic E-state index is 12.3. The Bertz CT molecular complexity index is 912. The SMILES string of the molecule is O=c1oc2ccccc2n1[C@@H]1CCCN(Cc2ccccc2O)C1. The quantitative estimate of drug-likeness (QED) is 0.804. The molecule has 3 aromatic rings. The Labute approximate surface area is 139 Å². The van der Waals surface area contributed by atoms with Crippen LogP contribution in [0.4, 0.5) is 0 Å². The summed E-state index contributed by atoms with van der Waals surface area (Å²) in [5.74, 6) is 0.0381. The van der Waals surface area contributed by atoms with Gasteiger partial charge < -0.3 is 9.52 Å².